The monoisotopic (exact) mass is 572 g/mol. The van der Waals surface area contributed by atoms with Gasteiger partial charge in [-0.25, -0.2) is 9.78 Å². The average Bonchev–Trinajstić information content (AvgIpc) is 3.38. The van der Waals surface area contributed by atoms with Crippen LogP contribution in [0.15, 0.2) is 54.6 Å². The molecule has 4 rings (SSSR count). The molecular formula is C27H22Cl2N2O6S. The van der Waals surface area contributed by atoms with Crippen molar-refractivity contribution in [1.29, 1.82) is 0 Å². The minimum Gasteiger partial charge on any atom is -0.507 e. The van der Waals surface area contributed by atoms with E-state index in [1.165, 1.54) is 19.3 Å². The number of carbonyl (C=O) groups is 3. The zero-order valence-corrected chi connectivity index (χ0v) is 22.9. The Bertz CT molecular complexity index is 1510. The van der Waals surface area contributed by atoms with Crippen molar-refractivity contribution in [1.82, 2.24) is 4.98 Å². The molecule has 1 aromatic heterocycles. The Morgan fingerprint density at radius 1 is 1.21 bits per heavy atom. The Kier molecular flexibility index (Phi) is 7.91. The van der Waals surface area contributed by atoms with Gasteiger partial charge >= 0.3 is 11.9 Å². The number of ketones is 1. The number of aryl methyl sites for hydroxylation is 2. The van der Waals surface area contributed by atoms with Crippen LogP contribution >= 0.6 is 34.5 Å². The Labute approximate surface area is 232 Å². The van der Waals surface area contributed by atoms with Crippen LogP contribution in [0.4, 0.5) is 5.13 Å². The summed E-state index contributed by atoms with van der Waals surface area (Å²) in [5.41, 5.74) is 1.48. The molecule has 1 fully saturated rings. The number of Topliss-reactive ketones (excluding diaryl/α,β-unsaturated/α-hetero) is 1. The van der Waals surface area contributed by atoms with Crippen LogP contribution in [-0.4, -0.2) is 41.5 Å². The Morgan fingerprint density at radius 3 is 2.58 bits per heavy atom. The van der Waals surface area contributed by atoms with E-state index in [4.69, 9.17) is 32.7 Å². The van der Waals surface area contributed by atoms with Gasteiger partial charge < -0.3 is 14.6 Å². The van der Waals surface area contributed by atoms with Crippen LogP contribution in [0.25, 0.3) is 5.76 Å². The summed E-state index contributed by atoms with van der Waals surface area (Å²) >= 11 is 13.5. The SMILES string of the molecule is C=CCOC(=O)c1sc(N2C(=O)C(=O)/C(=C(/O)c3ccc(OC)c(C)c3)[C@@H]2c2ccc(Cl)cc2Cl)nc1C. The molecule has 0 radical (unpaired) electrons. The summed E-state index contributed by atoms with van der Waals surface area (Å²) in [4.78, 5) is 45.0. The molecule has 1 saturated heterocycles. The van der Waals surface area contributed by atoms with Gasteiger partial charge in [0.15, 0.2) is 5.13 Å². The first-order chi connectivity index (χ1) is 18.1. The van der Waals surface area contributed by atoms with E-state index in [2.05, 4.69) is 11.6 Å². The molecule has 8 nitrogen and oxygen atoms in total. The standard InChI is InChI=1S/C27H22Cl2N2O6S/c1-5-10-37-26(35)24-14(3)30-27(38-24)31-21(17-8-7-16(28)12-18(17)29)20(23(33)25(31)34)22(32)15-6-9-19(36-4)13(2)11-15/h5-9,11-12,21,32H,1,10H2,2-4H3/b22-20+/t21-/m0/s1. The Balaban J connectivity index is 1.92. The summed E-state index contributed by atoms with van der Waals surface area (Å²) in [6.07, 6.45) is 1.43. The maximum absolute atomic E-state index is 13.4. The van der Waals surface area contributed by atoms with Gasteiger partial charge in [-0.3, -0.25) is 14.5 Å². The zero-order valence-electron chi connectivity index (χ0n) is 20.6. The van der Waals surface area contributed by atoms with Gasteiger partial charge in [0.25, 0.3) is 5.78 Å². The number of hydrogen-bond donors (Lipinski definition) is 1. The number of esters is 1. The van der Waals surface area contributed by atoms with E-state index in [-0.39, 0.29) is 27.2 Å². The first-order valence-electron chi connectivity index (χ1n) is 11.2. The number of aliphatic hydroxyl groups is 1. The number of rotatable bonds is 7. The third-order valence-electron chi connectivity index (χ3n) is 5.88. The van der Waals surface area contributed by atoms with E-state index >= 15 is 0 Å². The predicted molar refractivity (Wildman–Crippen MR) is 146 cm³/mol. The summed E-state index contributed by atoms with van der Waals surface area (Å²) in [6, 6.07) is 8.33. The number of hydrogen-bond acceptors (Lipinski definition) is 8. The van der Waals surface area contributed by atoms with Crippen molar-refractivity contribution in [2.75, 3.05) is 18.6 Å². The van der Waals surface area contributed by atoms with Crippen LogP contribution in [-0.2, 0) is 14.3 Å². The van der Waals surface area contributed by atoms with E-state index < -0.39 is 29.5 Å². The molecule has 0 saturated carbocycles. The zero-order chi connectivity index (χ0) is 27.7. The molecule has 1 aliphatic heterocycles. The van der Waals surface area contributed by atoms with Crippen LogP contribution in [0.2, 0.25) is 10.0 Å². The average molecular weight is 573 g/mol. The van der Waals surface area contributed by atoms with Gasteiger partial charge in [0.05, 0.1) is 24.4 Å². The summed E-state index contributed by atoms with van der Waals surface area (Å²) in [5, 5.41) is 11.9. The largest absolute Gasteiger partial charge is 0.507 e. The molecule has 3 aromatic rings. The predicted octanol–water partition coefficient (Wildman–Crippen LogP) is 6.04. The summed E-state index contributed by atoms with van der Waals surface area (Å²) in [7, 11) is 1.52. The minimum absolute atomic E-state index is 0.00230. The first kappa shape index (κ1) is 27.4. The molecule has 0 aliphatic carbocycles. The van der Waals surface area contributed by atoms with Crippen molar-refractivity contribution >= 4 is 63.1 Å². The summed E-state index contributed by atoms with van der Waals surface area (Å²) in [6.45, 7) is 6.89. The highest BCUT2D eigenvalue weighted by Gasteiger charge is 2.49. The molecule has 0 unspecified atom stereocenters. The highest BCUT2D eigenvalue weighted by Crippen LogP contribution is 2.46. The van der Waals surface area contributed by atoms with Crippen molar-refractivity contribution < 1.29 is 29.0 Å². The molecule has 2 aromatic carbocycles. The normalized spacial score (nSPS) is 16.6. The number of amides is 1. The van der Waals surface area contributed by atoms with Crippen molar-refractivity contribution in [3.05, 3.63) is 91.9 Å². The third-order valence-corrected chi connectivity index (χ3v) is 7.58. The van der Waals surface area contributed by atoms with Gasteiger partial charge in [-0.1, -0.05) is 53.3 Å². The molecule has 1 atom stereocenters. The molecule has 38 heavy (non-hydrogen) atoms. The second-order valence-corrected chi connectivity index (χ2v) is 10.1. The number of carbonyl (C=O) groups excluding carboxylic acids is 3. The number of anilines is 1. The van der Waals surface area contributed by atoms with E-state index in [9.17, 15) is 19.5 Å². The molecular weight excluding hydrogens is 551 g/mol. The van der Waals surface area contributed by atoms with Gasteiger partial charge in [-0.05, 0) is 55.3 Å². The number of halogens is 2. The molecule has 196 valence electrons. The topological polar surface area (TPSA) is 106 Å². The van der Waals surface area contributed by atoms with Crippen molar-refractivity contribution in [3.63, 3.8) is 0 Å². The van der Waals surface area contributed by atoms with Gasteiger partial charge in [0, 0.05) is 15.6 Å². The highest BCUT2D eigenvalue weighted by atomic mass is 35.5. The number of aliphatic hydroxyl groups excluding tert-OH is 1. The van der Waals surface area contributed by atoms with Crippen molar-refractivity contribution in [2.45, 2.75) is 19.9 Å². The smallest absolute Gasteiger partial charge is 0.350 e. The molecule has 1 aliphatic rings. The van der Waals surface area contributed by atoms with Gasteiger partial charge in [-0.2, -0.15) is 0 Å². The number of ether oxygens (including phenoxy) is 2. The van der Waals surface area contributed by atoms with Gasteiger partial charge in [-0.15, -0.1) is 0 Å². The lowest BCUT2D eigenvalue weighted by atomic mass is 9.95. The first-order valence-corrected chi connectivity index (χ1v) is 12.8. The number of nitrogens with zero attached hydrogens (tertiary/aromatic N) is 2. The van der Waals surface area contributed by atoms with E-state index in [1.807, 2.05) is 0 Å². The Morgan fingerprint density at radius 2 is 1.95 bits per heavy atom. The van der Waals surface area contributed by atoms with Crippen LogP contribution in [0.1, 0.15) is 38.1 Å². The second-order valence-electron chi connectivity index (χ2n) is 8.32. The molecule has 2 heterocycles. The fourth-order valence-electron chi connectivity index (χ4n) is 4.10. The molecule has 1 amide bonds. The number of methoxy groups -OCH3 is 1. The summed E-state index contributed by atoms with van der Waals surface area (Å²) in [5.74, 6) is -2.32. The van der Waals surface area contributed by atoms with E-state index in [1.54, 1.807) is 44.2 Å². The van der Waals surface area contributed by atoms with E-state index in [0.29, 0.717) is 33.2 Å². The third kappa shape index (κ3) is 4.92. The number of thiazole rings is 1. The molecule has 0 spiro atoms. The number of benzene rings is 2. The number of aromatic nitrogens is 1. The minimum atomic E-state index is -1.15. The Hall–Kier alpha value is -3.66. The highest BCUT2D eigenvalue weighted by molar-refractivity contribution is 7.17. The lowest BCUT2D eigenvalue weighted by molar-refractivity contribution is -0.132. The van der Waals surface area contributed by atoms with Crippen LogP contribution in [0, 0.1) is 13.8 Å². The lowest BCUT2D eigenvalue weighted by Crippen LogP contribution is -2.29. The van der Waals surface area contributed by atoms with E-state index in [0.717, 1.165) is 16.2 Å². The molecule has 0 bridgehead atoms. The van der Waals surface area contributed by atoms with Crippen molar-refractivity contribution in [3.8, 4) is 5.75 Å². The summed E-state index contributed by atoms with van der Waals surface area (Å²) < 4.78 is 10.4. The van der Waals surface area contributed by atoms with Gasteiger partial charge in [0.2, 0.25) is 0 Å². The van der Waals surface area contributed by atoms with Crippen LogP contribution in [0.5, 0.6) is 5.75 Å². The molecule has 11 heteroatoms. The molecule has 1 N–H and O–H groups in total. The van der Waals surface area contributed by atoms with Crippen LogP contribution in [0.3, 0.4) is 0 Å². The van der Waals surface area contributed by atoms with Gasteiger partial charge in [0.1, 0.15) is 23.0 Å². The van der Waals surface area contributed by atoms with Crippen molar-refractivity contribution in [2.24, 2.45) is 0 Å². The lowest BCUT2D eigenvalue weighted by Gasteiger charge is -2.24. The fourth-order valence-corrected chi connectivity index (χ4v) is 5.60. The quantitative estimate of drug-likeness (QED) is 0.121. The second kappa shape index (κ2) is 11.0. The maximum Gasteiger partial charge on any atom is 0.350 e. The fraction of sp³-hybridized carbons (Fsp3) is 0.185. The maximum atomic E-state index is 13.4. The van der Waals surface area contributed by atoms with Crippen LogP contribution < -0.4 is 9.64 Å².